The first-order chi connectivity index (χ1) is 14.8. The van der Waals surface area contributed by atoms with Crippen LogP contribution in [0.5, 0.6) is 0 Å². The van der Waals surface area contributed by atoms with Crippen LogP contribution in [0.1, 0.15) is 87.5 Å². The Labute approximate surface area is 193 Å². The molecule has 0 aliphatic carbocycles. The molecule has 0 saturated carbocycles. The van der Waals surface area contributed by atoms with Gasteiger partial charge in [-0.1, -0.05) is 75.5 Å². The fraction of sp³-hybridized carbons (Fsp3) is 0.533. The van der Waals surface area contributed by atoms with Crippen LogP contribution in [0.25, 0.3) is 0 Å². The molecule has 0 bridgehead atoms. The molecule has 1 aliphatic rings. The van der Waals surface area contributed by atoms with Gasteiger partial charge in [-0.25, -0.2) is 0 Å². The summed E-state index contributed by atoms with van der Waals surface area (Å²) in [4.78, 5) is 2.57. The second kappa shape index (κ2) is 14.0. The summed E-state index contributed by atoms with van der Waals surface area (Å²) in [5.74, 6) is 7.90. The zero-order valence-electron chi connectivity index (χ0n) is 21.5. The van der Waals surface area contributed by atoms with E-state index in [0.717, 1.165) is 43.8 Å². The van der Waals surface area contributed by atoms with Gasteiger partial charge in [-0.05, 0) is 82.9 Å². The van der Waals surface area contributed by atoms with E-state index in [9.17, 15) is 0 Å². The van der Waals surface area contributed by atoms with Gasteiger partial charge in [-0.2, -0.15) is 0 Å². The van der Waals surface area contributed by atoms with Crippen LogP contribution >= 0.6 is 0 Å². The summed E-state index contributed by atoms with van der Waals surface area (Å²) in [6.45, 7) is 23.9. The Kier molecular flexibility index (Phi) is 12.1. The van der Waals surface area contributed by atoms with Crippen molar-refractivity contribution >= 4 is 0 Å². The first-order valence-electron chi connectivity index (χ1n) is 12.2. The predicted molar refractivity (Wildman–Crippen MR) is 140 cm³/mol. The largest absolute Gasteiger partial charge is 0.371 e. The predicted octanol–water partition coefficient (Wildman–Crippen LogP) is 8.55. The first kappa shape index (κ1) is 26.8. The van der Waals surface area contributed by atoms with Crippen LogP contribution in [-0.2, 0) is 0 Å². The second-order valence-electron chi connectivity index (χ2n) is 8.78. The SMILES string of the molecule is C=C/C(C#CC(=C(CC)/C(=C\C)CC)/C(=C\CC)N1CCC(C)CC1)=C\C(C)=C(C)C. The maximum Gasteiger partial charge on any atom is 0.0514 e. The molecule has 1 rings (SSSR count). The number of allylic oxidation sites excluding steroid dienone is 10. The second-order valence-corrected chi connectivity index (χ2v) is 8.78. The van der Waals surface area contributed by atoms with E-state index in [0.29, 0.717) is 0 Å². The van der Waals surface area contributed by atoms with Crippen molar-refractivity contribution in [2.75, 3.05) is 13.1 Å². The van der Waals surface area contributed by atoms with Gasteiger partial charge in [0.05, 0.1) is 5.57 Å². The maximum absolute atomic E-state index is 4.02. The van der Waals surface area contributed by atoms with Crippen LogP contribution in [0, 0.1) is 17.8 Å². The van der Waals surface area contributed by atoms with Crippen molar-refractivity contribution in [3.8, 4) is 11.8 Å². The Bertz CT molecular complexity index is 817. The Hall–Kier alpha value is -2.20. The van der Waals surface area contributed by atoms with Gasteiger partial charge < -0.3 is 4.90 Å². The maximum atomic E-state index is 4.02. The molecule has 0 atom stereocenters. The van der Waals surface area contributed by atoms with E-state index in [1.807, 2.05) is 6.08 Å². The highest BCUT2D eigenvalue weighted by Gasteiger charge is 2.21. The highest BCUT2D eigenvalue weighted by atomic mass is 15.1. The lowest BCUT2D eigenvalue weighted by Gasteiger charge is -2.35. The van der Waals surface area contributed by atoms with Gasteiger partial charge in [0.1, 0.15) is 0 Å². The van der Waals surface area contributed by atoms with E-state index in [1.165, 1.54) is 46.4 Å². The molecule has 1 nitrogen and oxygen atoms in total. The van der Waals surface area contributed by atoms with Gasteiger partial charge in [0.2, 0.25) is 0 Å². The molecule has 1 saturated heterocycles. The number of hydrogen-bond donors (Lipinski definition) is 0. The third kappa shape index (κ3) is 8.10. The molecule has 0 amide bonds. The molecular weight excluding hydrogens is 374 g/mol. The van der Waals surface area contributed by atoms with Gasteiger partial charge in [0.15, 0.2) is 0 Å². The smallest absolute Gasteiger partial charge is 0.0514 e. The van der Waals surface area contributed by atoms with Crippen LogP contribution in [0.3, 0.4) is 0 Å². The summed E-state index contributed by atoms with van der Waals surface area (Å²) in [6.07, 6.45) is 14.2. The van der Waals surface area contributed by atoms with E-state index in [1.54, 1.807) is 0 Å². The molecule has 1 heteroatoms. The van der Waals surface area contributed by atoms with E-state index in [2.05, 4.69) is 96.9 Å². The standard InChI is InChI=1S/C30H45N/c1-10-15-30(31-20-18-24(8)19-21-31)29(28(14-5)27(12-3)13-4)17-16-26(11-2)22-25(9)23(6)7/h11-12,15,22,24H,2,10,13-14,18-21H2,1,3-9H3/b26-22+,27-12-,29-28-,30-15+. The molecule has 0 unspecified atom stereocenters. The highest BCUT2D eigenvalue weighted by Crippen LogP contribution is 2.30. The third-order valence-corrected chi connectivity index (χ3v) is 6.26. The molecule has 0 radical (unpaired) electrons. The first-order valence-corrected chi connectivity index (χ1v) is 12.2. The molecule has 1 aliphatic heterocycles. The summed E-state index contributed by atoms with van der Waals surface area (Å²) in [6, 6.07) is 0. The Morgan fingerprint density at radius 1 is 1.03 bits per heavy atom. The van der Waals surface area contributed by atoms with Crippen molar-refractivity contribution < 1.29 is 0 Å². The van der Waals surface area contributed by atoms with Crippen LogP contribution in [0.2, 0.25) is 0 Å². The number of nitrogens with zero attached hydrogens (tertiary/aromatic N) is 1. The lowest BCUT2D eigenvalue weighted by molar-refractivity contribution is 0.241. The number of rotatable bonds is 8. The van der Waals surface area contributed by atoms with E-state index in [-0.39, 0.29) is 0 Å². The minimum Gasteiger partial charge on any atom is -0.371 e. The van der Waals surface area contributed by atoms with Gasteiger partial charge >= 0.3 is 0 Å². The molecule has 0 aromatic carbocycles. The molecule has 0 aromatic rings. The zero-order chi connectivity index (χ0) is 23.4. The van der Waals surface area contributed by atoms with Gasteiger partial charge in [-0.15, -0.1) is 0 Å². The molecule has 31 heavy (non-hydrogen) atoms. The fourth-order valence-electron chi connectivity index (χ4n) is 3.94. The van der Waals surface area contributed by atoms with Crippen molar-refractivity contribution in [1.29, 1.82) is 0 Å². The molecule has 0 spiro atoms. The lowest BCUT2D eigenvalue weighted by Crippen LogP contribution is -2.33. The van der Waals surface area contributed by atoms with Gasteiger partial charge in [-0.3, -0.25) is 0 Å². The van der Waals surface area contributed by atoms with E-state index in [4.69, 9.17) is 0 Å². The Morgan fingerprint density at radius 3 is 2.13 bits per heavy atom. The average molecular weight is 420 g/mol. The molecule has 1 fully saturated rings. The van der Waals surface area contributed by atoms with Crippen LogP contribution < -0.4 is 0 Å². The number of piperidine rings is 1. The molecule has 0 N–H and O–H groups in total. The zero-order valence-corrected chi connectivity index (χ0v) is 21.5. The quantitative estimate of drug-likeness (QED) is 0.281. The summed E-state index contributed by atoms with van der Waals surface area (Å²) < 4.78 is 0. The van der Waals surface area contributed by atoms with E-state index >= 15 is 0 Å². The minimum atomic E-state index is 0.812. The van der Waals surface area contributed by atoms with Gasteiger partial charge in [0, 0.05) is 24.4 Å². The third-order valence-electron chi connectivity index (χ3n) is 6.26. The fourth-order valence-corrected chi connectivity index (χ4v) is 3.94. The van der Waals surface area contributed by atoms with Gasteiger partial charge in [0.25, 0.3) is 0 Å². The van der Waals surface area contributed by atoms with Crippen molar-refractivity contribution in [2.45, 2.75) is 87.5 Å². The summed E-state index contributed by atoms with van der Waals surface area (Å²) in [5.41, 5.74) is 8.87. The number of likely N-dealkylation sites (tertiary alicyclic amines) is 1. The molecule has 0 aromatic heterocycles. The van der Waals surface area contributed by atoms with Crippen molar-refractivity contribution in [1.82, 2.24) is 4.90 Å². The lowest BCUT2D eigenvalue weighted by atomic mass is 9.91. The molecular formula is C30H45N. The van der Waals surface area contributed by atoms with Crippen molar-refractivity contribution in [3.05, 3.63) is 70.0 Å². The normalized spacial score (nSPS) is 17.0. The molecule has 170 valence electrons. The van der Waals surface area contributed by atoms with Crippen molar-refractivity contribution in [3.63, 3.8) is 0 Å². The summed E-state index contributed by atoms with van der Waals surface area (Å²) in [5, 5.41) is 0. The topological polar surface area (TPSA) is 3.24 Å². The average Bonchev–Trinajstić information content (AvgIpc) is 2.77. The Morgan fingerprint density at radius 2 is 1.68 bits per heavy atom. The van der Waals surface area contributed by atoms with Crippen LogP contribution in [-0.4, -0.2) is 18.0 Å². The number of hydrogen-bond acceptors (Lipinski definition) is 1. The summed E-state index contributed by atoms with van der Waals surface area (Å²) >= 11 is 0. The minimum absolute atomic E-state index is 0.812. The van der Waals surface area contributed by atoms with Crippen molar-refractivity contribution in [2.24, 2.45) is 5.92 Å². The monoisotopic (exact) mass is 419 g/mol. The highest BCUT2D eigenvalue weighted by molar-refractivity contribution is 5.57. The van der Waals surface area contributed by atoms with E-state index < -0.39 is 0 Å². The van der Waals surface area contributed by atoms with Crippen LogP contribution in [0.4, 0.5) is 0 Å². The molecule has 1 heterocycles. The summed E-state index contributed by atoms with van der Waals surface area (Å²) in [7, 11) is 0. The van der Waals surface area contributed by atoms with Crippen LogP contribution in [0.15, 0.2) is 70.0 Å². The Balaban J connectivity index is 3.68.